The zero-order valence-electron chi connectivity index (χ0n) is 7.87. The maximum Gasteiger partial charge on any atom is 0.330 e. The van der Waals surface area contributed by atoms with Gasteiger partial charge < -0.3 is 10.3 Å². The van der Waals surface area contributed by atoms with E-state index >= 15 is 0 Å². The van der Waals surface area contributed by atoms with Crippen molar-refractivity contribution in [3.63, 3.8) is 0 Å². The minimum atomic E-state index is -0.935. The van der Waals surface area contributed by atoms with E-state index in [9.17, 15) is 9.59 Å². The SMILES string of the molecule is C=C(C)C(=O)O.CC(=O)/C(C)=N\O. The van der Waals surface area contributed by atoms with Gasteiger partial charge in [0, 0.05) is 12.5 Å². The first kappa shape index (κ1) is 13.9. The predicted molar refractivity (Wildman–Crippen MR) is 48.0 cm³/mol. The number of Topliss-reactive ketones (excluding diaryl/α,β-unsaturated/α-hetero) is 1. The molecule has 0 heterocycles. The second-order valence-corrected chi connectivity index (χ2v) is 2.33. The van der Waals surface area contributed by atoms with Crippen LogP contribution in [0.1, 0.15) is 20.8 Å². The zero-order chi connectivity index (χ0) is 11.0. The summed E-state index contributed by atoms with van der Waals surface area (Å²) in [6, 6.07) is 0. The largest absolute Gasteiger partial charge is 0.478 e. The van der Waals surface area contributed by atoms with Gasteiger partial charge in [0.25, 0.3) is 0 Å². The van der Waals surface area contributed by atoms with Crippen LogP contribution in [0.3, 0.4) is 0 Å². The maximum absolute atomic E-state index is 10.1. The number of hydrogen-bond donors (Lipinski definition) is 2. The lowest BCUT2D eigenvalue weighted by Gasteiger charge is -1.82. The number of nitrogens with zero attached hydrogens (tertiary/aromatic N) is 1. The van der Waals surface area contributed by atoms with Crippen molar-refractivity contribution in [2.75, 3.05) is 0 Å². The number of oxime groups is 1. The fourth-order valence-corrected chi connectivity index (χ4v) is 0.0704. The zero-order valence-corrected chi connectivity index (χ0v) is 7.87. The molecular weight excluding hydrogens is 174 g/mol. The molecule has 0 rings (SSSR count). The van der Waals surface area contributed by atoms with Crippen molar-refractivity contribution in [2.45, 2.75) is 20.8 Å². The van der Waals surface area contributed by atoms with E-state index < -0.39 is 5.97 Å². The summed E-state index contributed by atoms with van der Waals surface area (Å²) in [6.45, 7) is 7.39. The number of hydrogen-bond acceptors (Lipinski definition) is 4. The molecule has 0 fully saturated rings. The van der Waals surface area contributed by atoms with Crippen molar-refractivity contribution in [3.8, 4) is 0 Å². The van der Waals surface area contributed by atoms with E-state index in [1.807, 2.05) is 0 Å². The molecule has 0 saturated heterocycles. The third-order valence-electron chi connectivity index (χ3n) is 1.02. The van der Waals surface area contributed by atoms with E-state index in [1.54, 1.807) is 0 Å². The average Bonchev–Trinajstić information content (AvgIpc) is 2.03. The summed E-state index contributed by atoms with van der Waals surface area (Å²) in [7, 11) is 0. The van der Waals surface area contributed by atoms with Crippen molar-refractivity contribution in [1.82, 2.24) is 0 Å². The van der Waals surface area contributed by atoms with Gasteiger partial charge in [-0.05, 0) is 13.8 Å². The number of carboxylic acids is 1. The molecule has 0 aliphatic carbocycles. The van der Waals surface area contributed by atoms with Gasteiger partial charge in [-0.25, -0.2) is 4.79 Å². The molecule has 0 spiro atoms. The Morgan fingerprint density at radius 3 is 1.54 bits per heavy atom. The second kappa shape index (κ2) is 7.02. The summed E-state index contributed by atoms with van der Waals surface area (Å²) in [5.41, 5.74) is 0.315. The van der Waals surface area contributed by atoms with Crippen LogP contribution < -0.4 is 0 Å². The quantitative estimate of drug-likeness (QED) is 0.293. The molecule has 0 amide bonds. The van der Waals surface area contributed by atoms with Gasteiger partial charge in [0.2, 0.25) is 0 Å². The van der Waals surface area contributed by atoms with Crippen LogP contribution >= 0.6 is 0 Å². The Balaban J connectivity index is 0. The first-order valence-electron chi connectivity index (χ1n) is 3.41. The van der Waals surface area contributed by atoms with Gasteiger partial charge in [-0.1, -0.05) is 11.7 Å². The highest BCUT2D eigenvalue weighted by atomic mass is 16.4. The van der Waals surface area contributed by atoms with Crippen molar-refractivity contribution < 1.29 is 19.9 Å². The van der Waals surface area contributed by atoms with Crippen LogP contribution in [0.4, 0.5) is 0 Å². The van der Waals surface area contributed by atoms with Gasteiger partial charge in [0.1, 0.15) is 5.71 Å². The van der Waals surface area contributed by atoms with E-state index in [1.165, 1.54) is 20.8 Å². The van der Waals surface area contributed by atoms with Gasteiger partial charge >= 0.3 is 5.97 Å². The molecule has 74 valence electrons. The topological polar surface area (TPSA) is 87.0 Å². The molecule has 0 aromatic carbocycles. The number of ketones is 1. The molecule has 0 atom stereocenters. The normalized spacial score (nSPS) is 9.62. The summed E-state index contributed by atoms with van der Waals surface area (Å²) in [5, 5.41) is 18.4. The highest BCUT2D eigenvalue weighted by Gasteiger charge is 1.94. The number of rotatable bonds is 2. The number of carbonyl (C=O) groups excluding carboxylic acids is 1. The first-order chi connectivity index (χ1) is 5.82. The van der Waals surface area contributed by atoms with Crippen LogP contribution in [0.15, 0.2) is 17.3 Å². The van der Waals surface area contributed by atoms with Crippen LogP contribution in [-0.2, 0) is 9.59 Å². The summed E-state index contributed by atoms with van der Waals surface area (Å²) in [5.74, 6) is -1.14. The fraction of sp³-hybridized carbons (Fsp3) is 0.375. The van der Waals surface area contributed by atoms with Crippen molar-refractivity contribution in [3.05, 3.63) is 12.2 Å². The molecule has 0 saturated carbocycles. The van der Waals surface area contributed by atoms with Crippen LogP contribution in [0.2, 0.25) is 0 Å². The average molecular weight is 187 g/mol. The van der Waals surface area contributed by atoms with E-state index in [4.69, 9.17) is 10.3 Å². The molecule has 0 bridgehead atoms. The highest BCUT2D eigenvalue weighted by molar-refractivity contribution is 6.37. The molecule has 0 aromatic heterocycles. The van der Waals surface area contributed by atoms with Crippen molar-refractivity contribution in [2.24, 2.45) is 5.16 Å². The summed E-state index contributed by atoms with van der Waals surface area (Å²) in [4.78, 5) is 19.7. The Labute approximate surface area is 76.4 Å². The van der Waals surface area contributed by atoms with Gasteiger partial charge in [0.05, 0.1) is 0 Å². The second-order valence-electron chi connectivity index (χ2n) is 2.33. The fourth-order valence-electron chi connectivity index (χ4n) is 0.0704. The molecule has 0 radical (unpaired) electrons. The van der Waals surface area contributed by atoms with Gasteiger partial charge in [-0.3, -0.25) is 4.79 Å². The Morgan fingerprint density at radius 1 is 1.23 bits per heavy atom. The Kier molecular flexibility index (Phi) is 7.51. The summed E-state index contributed by atoms with van der Waals surface area (Å²) in [6.07, 6.45) is 0. The van der Waals surface area contributed by atoms with Crippen LogP contribution in [-0.4, -0.2) is 27.8 Å². The van der Waals surface area contributed by atoms with Gasteiger partial charge in [0.15, 0.2) is 5.78 Å². The molecule has 5 heteroatoms. The van der Waals surface area contributed by atoms with Gasteiger partial charge in [-0.2, -0.15) is 0 Å². The highest BCUT2D eigenvalue weighted by Crippen LogP contribution is 1.81. The molecule has 13 heavy (non-hydrogen) atoms. The maximum atomic E-state index is 10.1. The van der Waals surface area contributed by atoms with E-state index in [0.717, 1.165) is 0 Å². The molecule has 5 nitrogen and oxygen atoms in total. The molecule has 0 aliphatic rings. The lowest BCUT2D eigenvalue weighted by Crippen LogP contribution is -2.02. The molecular formula is C8H13NO4. The lowest BCUT2D eigenvalue weighted by molar-refractivity contribution is -0.132. The molecule has 2 N–H and O–H groups in total. The van der Waals surface area contributed by atoms with E-state index in [-0.39, 0.29) is 17.1 Å². The third-order valence-corrected chi connectivity index (χ3v) is 1.02. The molecule has 0 aliphatic heterocycles. The lowest BCUT2D eigenvalue weighted by atomic mass is 10.3. The third kappa shape index (κ3) is 10.4. The van der Waals surface area contributed by atoms with Crippen LogP contribution in [0, 0.1) is 0 Å². The Hall–Kier alpha value is -1.65. The minimum absolute atomic E-state index is 0.139. The monoisotopic (exact) mass is 187 g/mol. The van der Waals surface area contributed by atoms with E-state index in [2.05, 4.69) is 11.7 Å². The standard InChI is InChI=1S/C4H7NO2.C4H6O2/c1-3(5-7)4(2)6;1-3(2)4(5)6/h7H,1-2H3;1H2,2H3,(H,5,6)/b5-3-;. The Bertz CT molecular complexity index is 231. The minimum Gasteiger partial charge on any atom is -0.478 e. The van der Waals surface area contributed by atoms with Crippen molar-refractivity contribution in [1.29, 1.82) is 0 Å². The van der Waals surface area contributed by atoms with Gasteiger partial charge in [-0.15, -0.1) is 0 Å². The summed E-state index contributed by atoms with van der Waals surface area (Å²) >= 11 is 0. The Morgan fingerprint density at radius 2 is 1.54 bits per heavy atom. The smallest absolute Gasteiger partial charge is 0.330 e. The van der Waals surface area contributed by atoms with Crippen molar-refractivity contribution >= 4 is 17.5 Å². The van der Waals surface area contributed by atoms with E-state index in [0.29, 0.717) is 0 Å². The summed E-state index contributed by atoms with van der Waals surface area (Å²) < 4.78 is 0. The predicted octanol–water partition coefficient (Wildman–Crippen LogP) is 1.07. The number of aliphatic carboxylic acids is 1. The van der Waals surface area contributed by atoms with Crippen LogP contribution in [0.5, 0.6) is 0 Å². The number of carbonyl (C=O) groups is 2. The molecule has 0 unspecified atom stereocenters. The number of carboxylic acid groups (broad SMARTS) is 1. The van der Waals surface area contributed by atoms with Crippen LogP contribution in [0.25, 0.3) is 0 Å². The first-order valence-corrected chi connectivity index (χ1v) is 3.41. The molecule has 0 aromatic rings.